The van der Waals surface area contributed by atoms with E-state index in [0.717, 1.165) is 4.90 Å². The van der Waals surface area contributed by atoms with Crippen LogP contribution in [0.3, 0.4) is 0 Å². The minimum Gasteiger partial charge on any atom is -0.332 e. The van der Waals surface area contributed by atoms with Crippen molar-refractivity contribution in [3.05, 3.63) is 29.3 Å². The Morgan fingerprint density at radius 2 is 2.07 bits per heavy atom. The molecule has 0 fully saturated rings. The lowest BCUT2D eigenvalue weighted by molar-refractivity contribution is -0.849. The van der Waals surface area contributed by atoms with E-state index in [-0.39, 0.29) is 5.91 Å². The predicted octanol–water partition coefficient (Wildman–Crippen LogP) is 0.423. The maximum atomic E-state index is 11.4. The van der Waals surface area contributed by atoms with E-state index >= 15 is 0 Å². The summed E-state index contributed by atoms with van der Waals surface area (Å²) in [4.78, 5) is 12.5. The van der Waals surface area contributed by atoms with Gasteiger partial charge < -0.3 is 10.2 Å². The number of anilines is 1. The molecule has 0 saturated carbocycles. The summed E-state index contributed by atoms with van der Waals surface area (Å²) in [5, 5.41) is 3.31. The Balaban J connectivity index is 2.61. The van der Waals surface area contributed by atoms with Crippen LogP contribution in [0.1, 0.15) is 0 Å². The lowest BCUT2D eigenvalue weighted by Crippen LogP contribution is -3.06. The Labute approximate surface area is 88.7 Å². The molecule has 0 aliphatic carbocycles. The summed E-state index contributed by atoms with van der Waals surface area (Å²) >= 11 is 5.88. The summed E-state index contributed by atoms with van der Waals surface area (Å²) in [6.45, 7) is 0.436. The Morgan fingerprint density at radius 3 is 2.64 bits per heavy atom. The Morgan fingerprint density at radius 1 is 1.43 bits per heavy atom. The van der Waals surface area contributed by atoms with Gasteiger partial charge in [0.05, 0.1) is 24.8 Å². The van der Waals surface area contributed by atoms with Crippen molar-refractivity contribution in [1.82, 2.24) is 0 Å². The third-order valence-electron chi connectivity index (χ3n) is 1.66. The van der Waals surface area contributed by atoms with Gasteiger partial charge in [0.15, 0.2) is 6.54 Å². The smallest absolute Gasteiger partial charge is 0.279 e. The van der Waals surface area contributed by atoms with Crippen LogP contribution in [0.4, 0.5) is 5.69 Å². The molecule has 0 aromatic heterocycles. The average molecular weight is 214 g/mol. The van der Waals surface area contributed by atoms with Gasteiger partial charge in [0.2, 0.25) is 0 Å². The van der Waals surface area contributed by atoms with Gasteiger partial charge in [-0.2, -0.15) is 0 Å². The van der Waals surface area contributed by atoms with Crippen LogP contribution in [-0.2, 0) is 4.79 Å². The molecular formula is C10H14ClN2O+. The maximum absolute atomic E-state index is 11.4. The number of hydrogen-bond acceptors (Lipinski definition) is 1. The fourth-order valence-electron chi connectivity index (χ4n) is 1.08. The van der Waals surface area contributed by atoms with Crippen molar-refractivity contribution in [1.29, 1.82) is 0 Å². The van der Waals surface area contributed by atoms with E-state index in [9.17, 15) is 4.79 Å². The highest BCUT2D eigenvalue weighted by Gasteiger charge is 2.07. The average Bonchev–Trinajstić information content (AvgIpc) is 2.07. The highest BCUT2D eigenvalue weighted by atomic mass is 35.5. The van der Waals surface area contributed by atoms with Gasteiger partial charge in [-0.15, -0.1) is 0 Å². The number of rotatable bonds is 3. The van der Waals surface area contributed by atoms with Crippen molar-refractivity contribution in [2.45, 2.75) is 0 Å². The van der Waals surface area contributed by atoms with E-state index in [1.807, 2.05) is 26.2 Å². The second kappa shape index (κ2) is 4.98. The normalized spacial score (nSPS) is 10.3. The topological polar surface area (TPSA) is 33.5 Å². The molecule has 14 heavy (non-hydrogen) atoms. The van der Waals surface area contributed by atoms with Gasteiger partial charge in [0, 0.05) is 0 Å². The number of amides is 1. The first-order valence-electron chi connectivity index (χ1n) is 4.43. The molecule has 3 nitrogen and oxygen atoms in total. The molecule has 0 aliphatic heterocycles. The predicted molar refractivity (Wildman–Crippen MR) is 57.8 cm³/mol. The van der Waals surface area contributed by atoms with Crippen molar-refractivity contribution >= 4 is 23.2 Å². The van der Waals surface area contributed by atoms with E-state index in [2.05, 4.69) is 5.32 Å². The third kappa shape index (κ3) is 3.36. The highest BCUT2D eigenvalue weighted by Crippen LogP contribution is 2.19. The standard InChI is InChI=1S/C10H13ClN2O/c1-13(2)7-10(14)12-9-6-4-3-5-8(9)11/h3-6H,7H2,1-2H3,(H,12,14)/p+1. The lowest BCUT2D eigenvalue weighted by atomic mass is 10.3. The number of nitrogens with one attached hydrogen (secondary N) is 2. The molecule has 0 radical (unpaired) electrons. The third-order valence-corrected chi connectivity index (χ3v) is 1.99. The monoisotopic (exact) mass is 213 g/mol. The molecule has 0 heterocycles. The minimum absolute atomic E-state index is 0.0295. The Bertz CT molecular complexity index is 326. The van der Waals surface area contributed by atoms with E-state index in [0.29, 0.717) is 17.3 Å². The summed E-state index contributed by atoms with van der Waals surface area (Å²) in [5.74, 6) is -0.0295. The van der Waals surface area contributed by atoms with Crippen molar-refractivity contribution in [3.63, 3.8) is 0 Å². The first kappa shape index (κ1) is 11.0. The first-order chi connectivity index (χ1) is 6.59. The van der Waals surface area contributed by atoms with Crippen LogP contribution in [0.5, 0.6) is 0 Å². The Kier molecular flexibility index (Phi) is 3.92. The fourth-order valence-corrected chi connectivity index (χ4v) is 1.26. The highest BCUT2D eigenvalue weighted by molar-refractivity contribution is 6.33. The summed E-state index contributed by atoms with van der Waals surface area (Å²) in [5.41, 5.74) is 0.667. The molecule has 76 valence electrons. The van der Waals surface area contributed by atoms with Gasteiger partial charge in [-0.1, -0.05) is 23.7 Å². The van der Waals surface area contributed by atoms with Crippen LogP contribution in [0.25, 0.3) is 0 Å². The molecule has 0 aliphatic rings. The largest absolute Gasteiger partial charge is 0.332 e. The number of quaternary nitrogens is 1. The number of hydrogen-bond donors (Lipinski definition) is 2. The molecule has 0 spiro atoms. The molecule has 2 N–H and O–H groups in total. The van der Waals surface area contributed by atoms with Gasteiger partial charge >= 0.3 is 0 Å². The molecular weight excluding hydrogens is 200 g/mol. The van der Waals surface area contributed by atoms with Crippen molar-refractivity contribution < 1.29 is 9.69 Å². The zero-order chi connectivity index (χ0) is 10.6. The fraction of sp³-hybridized carbons (Fsp3) is 0.300. The van der Waals surface area contributed by atoms with Gasteiger partial charge in [-0.05, 0) is 12.1 Å². The van der Waals surface area contributed by atoms with Crippen LogP contribution in [0.15, 0.2) is 24.3 Å². The molecule has 1 aromatic rings. The van der Waals surface area contributed by atoms with E-state index in [4.69, 9.17) is 11.6 Å². The maximum Gasteiger partial charge on any atom is 0.279 e. The van der Waals surface area contributed by atoms with Crippen LogP contribution in [0, 0.1) is 0 Å². The molecule has 1 aromatic carbocycles. The van der Waals surface area contributed by atoms with Crippen molar-refractivity contribution in [2.75, 3.05) is 26.0 Å². The number of para-hydroxylation sites is 1. The van der Waals surface area contributed by atoms with E-state index < -0.39 is 0 Å². The summed E-state index contributed by atoms with van der Waals surface area (Å²) in [6, 6.07) is 7.20. The number of halogens is 1. The first-order valence-corrected chi connectivity index (χ1v) is 4.81. The SMILES string of the molecule is C[NH+](C)CC(=O)Nc1ccccc1Cl. The van der Waals surface area contributed by atoms with Crippen LogP contribution < -0.4 is 10.2 Å². The molecule has 1 amide bonds. The quantitative estimate of drug-likeness (QED) is 0.750. The lowest BCUT2D eigenvalue weighted by Gasteiger charge is -2.08. The number of benzene rings is 1. The molecule has 0 saturated heterocycles. The van der Waals surface area contributed by atoms with E-state index in [1.165, 1.54) is 0 Å². The second-order valence-electron chi connectivity index (χ2n) is 3.41. The number of likely N-dealkylation sites (N-methyl/N-ethyl adjacent to an activating group) is 1. The van der Waals surface area contributed by atoms with Crippen molar-refractivity contribution in [3.8, 4) is 0 Å². The summed E-state index contributed by atoms with van der Waals surface area (Å²) in [6.07, 6.45) is 0. The van der Waals surface area contributed by atoms with Crippen LogP contribution in [-0.4, -0.2) is 26.5 Å². The molecule has 0 bridgehead atoms. The summed E-state index contributed by atoms with van der Waals surface area (Å²) < 4.78 is 0. The number of carbonyl (C=O) groups is 1. The van der Waals surface area contributed by atoms with Gasteiger partial charge in [0.25, 0.3) is 5.91 Å². The number of carbonyl (C=O) groups excluding carboxylic acids is 1. The van der Waals surface area contributed by atoms with E-state index in [1.54, 1.807) is 12.1 Å². The van der Waals surface area contributed by atoms with Crippen LogP contribution >= 0.6 is 11.6 Å². The molecule has 1 rings (SSSR count). The zero-order valence-corrected chi connectivity index (χ0v) is 9.06. The van der Waals surface area contributed by atoms with Gasteiger partial charge in [-0.25, -0.2) is 0 Å². The van der Waals surface area contributed by atoms with Gasteiger partial charge in [-0.3, -0.25) is 4.79 Å². The minimum atomic E-state index is -0.0295. The van der Waals surface area contributed by atoms with Gasteiger partial charge in [0.1, 0.15) is 0 Å². The van der Waals surface area contributed by atoms with Crippen molar-refractivity contribution in [2.24, 2.45) is 0 Å². The second-order valence-corrected chi connectivity index (χ2v) is 3.82. The Hall–Kier alpha value is -1.06. The molecule has 0 unspecified atom stereocenters. The van der Waals surface area contributed by atoms with Crippen LogP contribution in [0.2, 0.25) is 5.02 Å². The zero-order valence-electron chi connectivity index (χ0n) is 8.30. The molecule has 0 atom stereocenters. The summed E-state index contributed by atoms with van der Waals surface area (Å²) in [7, 11) is 3.85. The molecule has 4 heteroatoms.